The van der Waals surface area contributed by atoms with Crippen molar-refractivity contribution in [3.63, 3.8) is 0 Å². The summed E-state index contributed by atoms with van der Waals surface area (Å²) in [6, 6.07) is 0. The number of hydrogen-bond acceptors (Lipinski definition) is 4. The van der Waals surface area contributed by atoms with Gasteiger partial charge in [-0.15, -0.1) is 17.9 Å². The first kappa shape index (κ1) is 15.6. The lowest BCUT2D eigenvalue weighted by molar-refractivity contribution is 0.672. The van der Waals surface area contributed by atoms with Gasteiger partial charge in [-0.3, -0.25) is 9.36 Å². The maximum absolute atomic E-state index is 12.9. The summed E-state index contributed by atoms with van der Waals surface area (Å²) in [4.78, 5) is 20.0. The Morgan fingerprint density at radius 2 is 2.27 bits per heavy atom. The second-order valence-electron chi connectivity index (χ2n) is 5.73. The van der Waals surface area contributed by atoms with Gasteiger partial charge in [0, 0.05) is 17.2 Å². The van der Waals surface area contributed by atoms with Crippen molar-refractivity contribution in [1.82, 2.24) is 9.55 Å². The number of aromatic nitrogens is 2. The zero-order valence-electron chi connectivity index (χ0n) is 13.0. The van der Waals surface area contributed by atoms with E-state index in [4.69, 9.17) is 4.98 Å². The molecular weight excluding hydrogens is 312 g/mol. The molecule has 1 aliphatic rings. The number of thiophene rings is 1. The van der Waals surface area contributed by atoms with Crippen LogP contribution in [0.1, 0.15) is 30.7 Å². The molecule has 22 heavy (non-hydrogen) atoms. The van der Waals surface area contributed by atoms with Gasteiger partial charge in [0.15, 0.2) is 5.16 Å². The third-order valence-corrected chi connectivity index (χ3v) is 5.89. The maximum Gasteiger partial charge on any atom is 0.263 e. The Balaban J connectivity index is 2.11. The number of hydrogen-bond donors (Lipinski definition) is 0. The van der Waals surface area contributed by atoms with Crippen LogP contribution in [0.3, 0.4) is 0 Å². The van der Waals surface area contributed by atoms with Crippen LogP contribution in [-0.2, 0) is 19.4 Å². The lowest BCUT2D eigenvalue weighted by Gasteiger charge is -2.09. The lowest BCUT2D eigenvalue weighted by Crippen LogP contribution is -2.22. The highest BCUT2D eigenvalue weighted by atomic mass is 32.2. The van der Waals surface area contributed by atoms with E-state index < -0.39 is 0 Å². The van der Waals surface area contributed by atoms with E-state index in [0.29, 0.717) is 6.54 Å². The van der Waals surface area contributed by atoms with Crippen molar-refractivity contribution in [3.8, 4) is 0 Å². The van der Waals surface area contributed by atoms with Gasteiger partial charge in [0.05, 0.1) is 5.39 Å². The zero-order valence-corrected chi connectivity index (χ0v) is 14.6. The van der Waals surface area contributed by atoms with Crippen LogP contribution >= 0.6 is 23.1 Å². The maximum atomic E-state index is 12.9. The molecule has 0 atom stereocenters. The normalized spacial score (nSPS) is 13.4. The van der Waals surface area contributed by atoms with Gasteiger partial charge in [-0.2, -0.15) is 0 Å². The van der Waals surface area contributed by atoms with E-state index in [1.165, 1.54) is 16.0 Å². The molecule has 3 nitrogen and oxygen atoms in total. The molecule has 0 N–H and O–H groups in total. The highest BCUT2D eigenvalue weighted by Crippen LogP contribution is 2.35. The van der Waals surface area contributed by atoms with Crippen molar-refractivity contribution in [2.45, 2.75) is 44.8 Å². The van der Waals surface area contributed by atoms with Crippen LogP contribution in [0.5, 0.6) is 0 Å². The van der Waals surface area contributed by atoms with E-state index in [9.17, 15) is 4.79 Å². The van der Waals surface area contributed by atoms with E-state index in [2.05, 4.69) is 26.5 Å². The van der Waals surface area contributed by atoms with Crippen LogP contribution in [-0.4, -0.2) is 15.3 Å². The minimum absolute atomic E-state index is 0.101. The highest BCUT2D eigenvalue weighted by Gasteiger charge is 2.22. The number of nitrogens with zero attached hydrogens (tertiary/aromatic N) is 2. The van der Waals surface area contributed by atoms with Crippen molar-refractivity contribution in [2.75, 3.05) is 5.75 Å². The molecule has 116 valence electrons. The van der Waals surface area contributed by atoms with Gasteiger partial charge >= 0.3 is 0 Å². The molecule has 0 saturated carbocycles. The van der Waals surface area contributed by atoms with Crippen molar-refractivity contribution in [1.29, 1.82) is 0 Å². The van der Waals surface area contributed by atoms with Gasteiger partial charge in [-0.1, -0.05) is 29.5 Å². The predicted molar refractivity (Wildman–Crippen MR) is 96.3 cm³/mol. The average Bonchev–Trinajstić information content (AvgIpc) is 3.02. The van der Waals surface area contributed by atoms with Crippen LogP contribution < -0.4 is 5.56 Å². The molecule has 0 saturated heterocycles. The van der Waals surface area contributed by atoms with E-state index in [0.717, 1.165) is 40.4 Å². The monoisotopic (exact) mass is 332 g/mol. The molecule has 2 aromatic rings. The Morgan fingerprint density at radius 3 is 3.00 bits per heavy atom. The van der Waals surface area contributed by atoms with Gasteiger partial charge in [0.25, 0.3) is 5.56 Å². The molecule has 0 aromatic carbocycles. The minimum atomic E-state index is 0.101. The summed E-state index contributed by atoms with van der Waals surface area (Å²) in [5, 5.41) is 1.65. The third-order valence-electron chi connectivity index (χ3n) is 3.81. The number of thioether (sulfide) groups is 1. The van der Waals surface area contributed by atoms with Crippen LogP contribution in [0.15, 0.2) is 34.3 Å². The molecule has 0 spiro atoms. The average molecular weight is 332 g/mol. The first-order valence-electron chi connectivity index (χ1n) is 7.54. The molecule has 1 aliphatic carbocycles. The SMILES string of the molecule is C=CCn1c(SCC=C(C)C)nc2sc3c(c2c1=O)CCC3. The summed E-state index contributed by atoms with van der Waals surface area (Å²) >= 11 is 3.32. The summed E-state index contributed by atoms with van der Waals surface area (Å²) in [5.41, 5.74) is 2.63. The fourth-order valence-electron chi connectivity index (χ4n) is 2.74. The Kier molecular flexibility index (Phi) is 4.54. The first-order valence-corrected chi connectivity index (χ1v) is 9.34. The zero-order chi connectivity index (χ0) is 15.7. The lowest BCUT2D eigenvalue weighted by atomic mass is 10.2. The quantitative estimate of drug-likeness (QED) is 0.468. The van der Waals surface area contributed by atoms with Crippen LogP contribution in [0, 0.1) is 0 Å². The van der Waals surface area contributed by atoms with Crippen molar-refractivity contribution < 1.29 is 0 Å². The molecule has 0 fully saturated rings. The highest BCUT2D eigenvalue weighted by molar-refractivity contribution is 7.99. The van der Waals surface area contributed by atoms with Gasteiger partial charge in [0.2, 0.25) is 0 Å². The van der Waals surface area contributed by atoms with Crippen molar-refractivity contribution >= 4 is 33.3 Å². The largest absolute Gasteiger partial charge is 0.283 e. The number of fused-ring (bicyclic) bond motifs is 3. The van der Waals surface area contributed by atoms with Gasteiger partial charge in [-0.25, -0.2) is 4.98 Å². The number of aryl methyl sites for hydroxylation is 2. The smallest absolute Gasteiger partial charge is 0.263 e. The summed E-state index contributed by atoms with van der Waals surface area (Å²) in [5.74, 6) is 0.836. The number of allylic oxidation sites excluding steroid dienone is 2. The van der Waals surface area contributed by atoms with Crippen LogP contribution in [0.2, 0.25) is 0 Å². The Labute approximate surface area is 138 Å². The Bertz CT molecular complexity index is 810. The van der Waals surface area contributed by atoms with Crippen molar-refractivity contribution in [3.05, 3.63) is 45.1 Å². The van der Waals surface area contributed by atoms with Gasteiger partial charge in [0.1, 0.15) is 4.83 Å². The molecular formula is C17H20N2OS2. The molecule has 5 heteroatoms. The minimum Gasteiger partial charge on any atom is -0.283 e. The van der Waals surface area contributed by atoms with E-state index in [1.54, 1.807) is 33.7 Å². The van der Waals surface area contributed by atoms with Crippen LogP contribution in [0.4, 0.5) is 0 Å². The molecule has 2 heterocycles. The molecule has 0 amide bonds. The molecule has 0 aliphatic heterocycles. The van der Waals surface area contributed by atoms with Crippen LogP contribution in [0.25, 0.3) is 10.2 Å². The molecule has 0 unspecified atom stereocenters. The topological polar surface area (TPSA) is 34.9 Å². The third kappa shape index (κ3) is 2.79. The summed E-state index contributed by atoms with van der Waals surface area (Å²) in [7, 11) is 0. The first-order chi connectivity index (χ1) is 10.6. The van der Waals surface area contributed by atoms with E-state index in [1.807, 2.05) is 0 Å². The number of rotatable bonds is 5. The summed E-state index contributed by atoms with van der Waals surface area (Å²) in [6.07, 6.45) is 7.21. The fourth-order valence-corrected chi connectivity index (χ4v) is 5.09. The summed E-state index contributed by atoms with van der Waals surface area (Å²) in [6.45, 7) is 8.46. The standard InChI is InChI=1S/C17H20N2OS2/c1-4-9-19-16(20)14-12-6-5-7-13(12)22-15(14)18-17(19)21-10-8-11(2)3/h4,8H,1,5-7,9-10H2,2-3H3. The second kappa shape index (κ2) is 6.42. The van der Waals surface area contributed by atoms with Gasteiger partial charge in [-0.05, 0) is 38.7 Å². The Hall–Kier alpha value is -1.33. The predicted octanol–water partition coefficient (Wildman–Crippen LogP) is 4.19. The molecule has 2 aromatic heterocycles. The van der Waals surface area contributed by atoms with E-state index >= 15 is 0 Å². The molecule has 3 rings (SSSR count). The molecule has 0 bridgehead atoms. The summed E-state index contributed by atoms with van der Waals surface area (Å²) < 4.78 is 1.77. The van der Waals surface area contributed by atoms with Gasteiger partial charge < -0.3 is 0 Å². The molecule has 0 radical (unpaired) electrons. The fraction of sp³-hybridized carbons (Fsp3) is 0.412. The Morgan fingerprint density at radius 1 is 1.45 bits per heavy atom. The van der Waals surface area contributed by atoms with Crippen molar-refractivity contribution in [2.24, 2.45) is 0 Å². The van der Waals surface area contributed by atoms with E-state index in [-0.39, 0.29) is 5.56 Å². The second-order valence-corrected chi connectivity index (χ2v) is 7.80.